The van der Waals surface area contributed by atoms with Gasteiger partial charge in [-0.2, -0.15) is 0 Å². The average Bonchev–Trinajstić information content (AvgIpc) is 2.35. The Bertz CT molecular complexity index is 707. The van der Waals surface area contributed by atoms with Gasteiger partial charge in [0.05, 0.1) is 11.2 Å². The average molecular weight is 289 g/mol. The van der Waals surface area contributed by atoms with Crippen molar-refractivity contribution in [3.05, 3.63) is 30.1 Å². The maximum absolute atomic E-state index is 11.8. The van der Waals surface area contributed by atoms with Gasteiger partial charge in [-0.15, -0.1) is 0 Å². The van der Waals surface area contributed by atoms with Gasteiger partial charge in [0.1, 0.15) is 16.7 Å². The molecule has 2 aromatic rings. The number of anilines is 1. The van der Waals surface area contributed by atoms with Crippen LogP contribution in [0, 0.1) is 0 Å². The van der Waals surface area contributed by atoms with Gasteiger partial charge in [-0.3, -0.25) is 15.3 Å². The fourth-order valence-corrected chi connectivity index (χ4v) is 1.77. The minimum absolute atomic E-state index is 0.116. The van der Waals surface area contributed by atoms with Gasteiger partial charge < -0.3 is 9.84 Å². The number of hydrogen-bond donors (Lipinski definition) is 2. The molecule has 1 aromatic carbocycles. The SMILES string of the molecule is CC(C)(C)OC(=O)Nc1ccc2nccnc2c1C(=O)O. The molecule has 7 nitrogen and oxygen atoms in total. The highest BCUT2D eigenvalue weighted by molar-refractivity contribution is 6.08. The van der Waals surface area contributed by atoms with Crippen molar-refractivity contribution in [2.45, 2.75) is 26.4 Å². The Labute approximate surface area is 121 Å². The summed E-state index contributed by atoms with van der Waals surface area (Å²) in [5, 5.41) is 11.8. The van der Waals surface area contributed by atoms with E-state index in [0.29, 0.717) is 5.52 Å². The zero-order valence-electron chi connectivity index (χ0n) is 11.9. The van der Waals surface area contributed by atoms with Crippen LogP contribution in [0.4, 0.5) is 10.5 Å². The fraction of sp³-hybridized carbons (Fsp3) is 0.286. The zero-order chi connectivity index (χ0) is 15.6. The third-order valence-electron chi connectivity index (χ3n) is 2.49. The molecule has 0 radical (unpaired) electrons. The van der Waals surface area contributed by atoms with Crippen molar-refractivity contribution < 1.29 is 19.4 Å². The first-order valence-electron chi connectivity index (χ1n) is 6.25. The van der Waals surface area contributed by atoms with Crippen molar-refractivity contribution >= 4 is 28.8 Å². The molecule has 1 heterocycles. The lowest BCUT2D eigenvalue weighted by Gasteiger charge is -2.20. The molecule has 0 spiro atoms. The van der Waals surface area contributed by atoms with E-state index in [1.807, 2.05) is 0 Å². The summed E-state index contributed by atoms with van der Waals surface area (Å²) >= 11 is 0. The second-order valence-corrected chi connectivity index (χ2v) is 5.34. The molecule has 0 saturated carbocycles. The van der Waals surface area contributed by atoms with Gasteiger partial charge in [0.15, 0.2) is 0 Å². The van der Waals surface area contributed by atoms with Crippen LogP contribution in [0.3, 0.4) is 0 Å². The third-order valence-corrected chi connectivity index (χ3v) is 2.49. The van der Waals surface area contributed by atoms with Crippen molar-refractivity contribution in [1.29, 1.82) is 0 Å². The molecule has 7 heteroatoms. The van der Waals surface area contributed by atoms with Crippen LogP contribution in [-0.4, -0.2) is 32.7 Å². The number of carbonyl (C=O) groups excluding carboxylic acids is 1. The smallest absolute Gasteiger partial charge is 0.412 e. The first-order valence-corrected chi connectivity index (χ1v) is 6.25. The molecule has 0 fully saturated rings. The molecule has 0 unspecified atom stereocenters. The molecular weight excluding hydrogens is 274 g/mol. The summed E-state index contributed by atoms with van der Waals surface area (Å²) in [4.78, 5) is 31.3. The van der Waals surface area contributed by atoms with Crippen LogP contribution in [-0.2, 0) is 4.74 Å². The summed E-state index contributed by atoms with van der Waals surface area (Å²) < 4.78 is 5.11. The van der Waals surface area contributed by atoms with Crippen molar-refractivity contribution in [2.24, 2.45) is 0 Å². The predicted molar refractivity (Wildman–Crippen MR) is 76.4 cm³/mol. The third kappa shape index (κ3) is 3.44. The van der Waals surface area contributed by atoms with Gasteiger partial charge in [-0.05, 0) is 32.9 Å². The van der Waals surface area contributed by atoms with Crippen molar-refractivity contribution in [3.8, 4) is 0 Å². The van der Waals surface area contributed by atoms with E-state index in [4.69, 9.17) is 4.74 Å². The van der Waals surface area contributed by atoms with Crippen molar-refractivity contribution in [3.63, 3.8) is 0 Å². The fourth-order valence-electron chi connectivity index (χ4n) is 1.77. The van der Waals surface area contributed by atoms with E-state index in [-0.39, 0.29) is 16.8 Å². The van der Waals surface area contributed by atoms with Crippen LogP contribution in [0.25, 0.3) is 11.0 Å². The van der Waals surface area contributed by atoms with E-state index in [0.717, 1.165) is 0 Å². The molecular formula is C14H15N3O4. The minimum atomic E-state index is -1.20. The Morgan fingerprint density at radius 2 is 1.86 bits per heavy atom. The molecule has 21 heavy (non-hydrogen) atoms. The summed E-state index contributed by atoms with van der Waals surface area (Å²) in [5.41, 5.74) is -0.0381. The molecule has 0 bridgehead atoms. The number of ether oxygens (including phenoxy) is 1. The van der Waals surface area contributed by atoms with Crippen molar-refractivity contribution in [2.75, 3.05) is 5.32 Å². The number of nitrogens with zero attached hydrogens (tertiary/aromatic N) is 2. The number of carboxylic acids is 1. The summed E-state index contributed by atoms with van der Waals surface area (Å²) in [6.45, 7) is 5.16. The molecule has 0 saturated heterocycles. The lowest BCUT2D eigenvalue weighted by molar-refractivity contribution is 0.0636. The first kappa shape index (κ1) is 14.7. The van der Waals surface area contributed by atoms with Gasteiger partial charge >= 0.3 is 12.1 Å². The summed E-state index contributed by atoms with van der Waals surface area (Å²) in [7, 11) is 0. The number of benzene rings is 1. The summed E-state index contributed by atoms with van der Waals surface area (Å²) in [6, 6.07) is 3.05. The standard InChI is InChI=1S/C14H15N3O4/c1-14(2,3)21-13(20)17-8-4-5-9-11(10(8)12(18)19)16-7-6-15-9/h4-7H,1-3H3,(H,17,20)(H,18,19). The Balaban J connectivity index is 2.42. The molecule has 2 N–H and O–H groups in total. The Kier molecular flexibility index (Phi) is 3.75. The molecule has 1 amide bonds. The van der Waals surface area contributed by atoms with Crippen LogP contribution in [0.15, 0.2) is 24.5 Å². The van der Waals surface area contributed by atoms with Gasteiger partial charge in [-0.25, -0.2) is 9.59 Å². The number of carbonyl (C=O) groups is 2. The van der Waals surface area contributed by atoms with E-state index >= 15 is 0 Å². The van der Waals surface area contributed by atoms with Crippen LogP contribution in [0.1, 0.15) is 31.1 Å². The number of rotatable bonds is 2. The van der Waals surface area contributed by atoms with Gasteiger partial charge in [0.2, 0.25) is 0 Å². The van der Waals surface area contributed by atoms with Crippen molar-refractivity contribution in [1.82, 2.24) is 9.97 Å². The quantitative estimate of drug-likeness (QED) is 0.881. The first-order chi connectivity index (χ1) is 9.78. The predicted octanol–water partition coefficient (Wildman–Crippen LogP) is 2.68. The zero-order valence-corrected chi connectivity index (χ0v) is 11.9. The second-order valence-electron chi connectivity index (χ2n) is 5.34. The van der Waals surface area contributed by atoms with E-state index in [2.05, 4.69) is 15.3 Å². The highest BCUT2D eigenvalue weighted by Gasteiger charge is 2.21. The molecule has 1 aromatic heterocycles. The van der Waals surface area contributed by atoms with E-state index in [1.54, 1.807) is 26.8 Å². The number of carboxylic acid groups (broad SMARTS) is 1. The maximum Gasteiger partial charge on any atom is 0.412 e. The molecule has 0 aliphatic heterocycles. The number of amides is 1. The van der Waals surface area contributed by atoms with E-state index in [9.17, 15) is 14.7 Å². The Morgan fingerprint density at radius 1 is 1.19 bits per heavy atom. The van der Waals surface area contributed by atoms with E-state index in [1.165, 1.54) is 18.5 Å². The minimum Gasteiger partial charge on any atom is -0.478 e. The highest BCUT2D eigenvalue weighted by atomic mass is 16.6. The lowest BCUT2D eigenvalue weighted by Crippen LogP contribution is -2.27. The highest BCUT2D eigenvalue weighted by Crippen LogP contribution is 2.24. The second kappa shape index (κ2) is 5.35. The van der Waals surface area contributed by atoms with Crippen LogP contribution in [0.2, 0.25) is 0 Å². The summed E-state index contributed by atoms with van der Waals surface area (Å²) in [6.07, 6.45) is 2.13. The largest absolute Gasteiger partial charge is 0.478 e. The van der Waals surface area contributed by atoms with Crippen LogP contribution >= 0.6 is 0 Å². The number of aromatic carboxylic acids is 1. The van der Waals surface area contributed by atoms with Crippen LogP contribution in [0.5, 0.6) is 0 Å². The molecule has 0 aliphatic rings. The number of hydrogen-bond acceptors (Lipinski definition) is 5. The Morgan fingerprint density at radius 3 is 2.48 bits per heavy atom. The molecule has 110 valence electrons. The number of aromatic nitrogens is 2. The Hall–Kier alpha value is -2.70. The number of nitrogens with one attached hydrogen (secondary N) is 1. The maximum atomic E-state index is 11.8. The monoisotopic (exact) mass is 289 g/mol. The molecule has 0 aliphatic carbocycles. The van der Waals surface area contributed by atoms with Gasteiger partial charge in [-0.1, -0.05) is 0 Å². The van der Waals surface area contributed by atoms with Gasteiger partial charge in [0.25, 0.3) is 0 Å². The normalized spacial score (nSPS) is 11.2. The van der Waals surface area contributed by atoms with E-state index < -0.39 is 17.7 Å². The number of fused-ring (bicyclic) bond motifs is 1. The lowest BCUT2D eigenvalue weighted by atomic mass is 10.1. The summed E-state index contributed by atoms with van der Waals surface area (Å²) in [5.74, 6) is -1.20. The topological polar surface area (TPSA) is 101 Å². The molecule has 2 rings (SSSR count). The molecule has 0 atom stereocenters. The van der Waals surface area contributed by atoms with Crippen LogP contribution < -0.4 is 5.32 Å². The van der Waals surface area contributed by atoms with Gasteiger partial charge in [0, 0.05) is 12.4 Å².